The molecule has 0 saturated carbocycles. The van der Waals surface area contributed by atoms with Gasteiger partial charge in [0.15, 0.2) is 0 Å². The van der Waals surface area contributed by atoms with E-state index in [0.717, 1.165) is 5.69 Å². The molecule has 0 bridgehead atoms. The quantitative estimate of drug-likeness (QED) is 0.618. The van der Waals surface area contributed by atoms with Crippen molar-refractivity contribution in [3.8, 4) is 0 Å². The van der Waals surface area contributed by atoms with Crippen LogP contribution in [0.5, 0.6) is 0 Å². The van der Waals surface area contributed by atoms with Crippen LogP contribution in [0.25, 0.3) is 0 Å². The molecule has 1 aliphatic heterocycles. The average molecular weight is 469 g/mol. The minimum Gasteiger partial charge on any atom is -0.461 e. The molecule has 0 spiro atoms. The molecule has 2 heterocycles. The standard InChI is InChI=1S/C20H25ClN4O5S/c1-3-30-20(27)18-12-17(14-23(18)2)31(28,29)22-13-19(26)25-9-7-24(8-10-25)16-6-4-5-15(21)11-16/h4-6,11-12,14,22H,3,7-10,13H2,1-2H3. The number of hydrogen-bond acceptors (Lipinski definition) is 6. The van der Waals surface area contributed by atoms with Crippen LogP contribution in [0.15, 0.2) is 41.4 Å². The number of ether oxygens (including phenoxy) is 1. The zero-order valence-corrected chi connectivity index (χ0v) is 18.9. The van der Waals surface area contributed by atoms with Gasteiger partial charge in [0.1, 0.15) is 10.6 Å². The van der Waals surface area contributed by atoms with Crippen LogP contribution in [0.1, 0.15) is 17.4 Å². The molecule has 168 valence electrons. The average Bonchev–Trinajstić information content (AvgIpc) is 3.15. The lowest BCUT2D eigenvalue weighted by atomic mass is 10.2. The summed E-state index contributed by atoms with van der Waals surface area (Å²) < 4.78 is 33.7. The van der Waals surface area contributed by atoms with Crippen molar-refractivity contribution in [1.29, 1.82) is 0 Å². The Morgan fingerprint density at radius 3 is 2.52 bits per heavy atom. The van der Waals surface area contributed by atoms with Crippen LogP contribution >= 0.6 is 11.6 Å². The molecule has 0 radical (unpaired) electrons. The number of esters is 1. The monoisotopic (exact) mass is 468 g/mol. The van der Waals surface area contributed by atoms with E-state index in [1.54, 1.807) is 24.9 Å². The third kappa shape index (κ3) is 5.57. The third-order valence-corrected chi connectivity index (χ3v) is 6.60. The third-order valence-electron chi connectivity index (χ3n) is 4.99. The maximum Gasteiger partial charge on any atom is 0.354 e. The summed E-state index contributed by atoms with van der Waals surface area (Å²) in [4.78, 5) is 28.1. The summed E-state index contributed by atoms with van der Waals surface area (Å²) in [7, 11) is -2.40. The van der Waals surface area contributed by atoms with Gasteiger partial charge in [-0.2, -0.15) is 0 Å². The highest BCUT2D eigenvalue weighted by Crippen LogP contribution is 2.21. The Bertz CT molecular complexity index is 1060. The van der Waals surface area contributed by atoms with E-state index < -0.39 is 16.0 Å². The van der Waals surface area contributed by atoms with Gasteiger partial charge in [-0.1, -0.05) is 17.7 Å². The van der Waals surface area contributed by atoms with Gasteiger partial charge < -0.3 is 19.1 Å². The van der Waals surface area contributed by atoms with Crippen LogP contribution < -0.4 is 9.62 Å². The SMILES string of the molecule is CCOC(=O)c1cc(S(=O)(=O)NCC(=O)N2CCN(c3cccc(Cl)c3)CC2)cn1C. The maximum atomic E-state index is 12.6. The fourth-order valence-electron chi connectivity index (χ4n) is 3.33. The Morgan fingerprint density at radius 2 is 1.87 bits per heavy atom. The van der Waals surface area contributed by atoms with Crippen LogP contribution in [0, 0.1) is 0 Å². The highest BCUT2D eigenvalue weighted by atomic mass is 35.5. The molecule has 1 aliphatic rings. The molecule has 1 N–H and O–H groups in total. The number of piperazine rings is 1. The van der Waals surface area contributed by atoms with Gasteiger partial charge in [-0.25, -0.2) is 17.9 Å². The molecule has 2 aromatic rings. The van der Waals surface area contributed by atoms with Crippen molar-refractivity contribution in [2.75, 3.05) is 44.2 Å². The Morgan fingerprint density at radius 1 is 1.16 bits per heavy atom. The van der Waals surface area contributed by atoms with Crippen LogP contribution in [0.2, 0.25) is 5.02 Å². The predicted molar refractivity (Wildman–Crippen MR) is 117 cm³/mol. The van der Waals surface area contributed by atoms with Crippen molar-refractivity contribution in [3.05, 3.63) is 47.2 Å². The number of carbonyl (C=O) groups excluding carboxylic acids is 2. The maximum absolute atomic E-state index is 12.6. The number of nitrogens with zero attached hydrogens (tertiary/aromatic N) is 3. The van der Waals surface area contributed by atoms with Crippen LogP contribution in [-0.2, 0) is 26.6 Å². The van der Waals surface area contributed by atoms with Crippen molar-refractivity contribution in [3.63, 3.8) is 0 Å². The second-order valence-corrected chi connectivity index (χ2v) is 9.27. The normalized spacial score (nSPS) is 14.5. The molecule has 1 saturated heterocycles. The molecular formula is C20H25ClN4O5S. The summed E-state index contributed by atoms with van der Waals surface area (Å²) in [5.41, 5.74) is 1.10. The minimum absolute atomic E-state index is 0.100. The first kappa shape index (κ1) is 23.1. The number of amides is 1. The van der Waals surface area contributed by atoms with Gasteiger partial charge in [0.25, 0.3) is 0 Å². The molecule has 1 aromatic heterocycles. The van der Waals surface area contributed by atoms with Crippen molar-refractivity contribution in [2.45, 2.75) is 11.8 Å². The molecule has 9 nitrogen and oxygen atoms in total. The first-order valence-electron chi connectivity index (χ1n) is 9.82. The summed E-state index contributed by atoms with van der Waals surface area (Å²) in [6.45, 7) is 3.70. The summed E-state index contributed by atoms with van der Waals surface area (Å²) in [6, 6.07) is 8.74. The van der Waals surface area contributed by atoms with E-state index in [4.69, 9.17) is 16.3 Å². The van der Waals surface area contributed by atoms with Crippen molar-refractivity contribution < 1.29 is 22.7 Å². The largest absolute Gasteiger partial charge is 0.461 e. The lowest BCUT2D eigenvalue weighted by Gasteiger charge is -2.36. The first-order valence-corrected chi connectivity index (χ1v) is 11.7. The van der Waals surface area contributed by atoms with Crippen molar-refractivity contribution in [1.82, 2.24) is 14.2 Å². The smallest absolute Gasteiger partial charge is 0.354 e. The number of benzene rings is 1. The minimum atomic E-state index is -3.95. The molecule has 0 aliphatic carbocycles. The molecule has 31 heavy (non-hydrogen) atoms. The number of rotatable bonds is 7. The van der Waals surface area contributed by atoms with Gasteiger partial charge >= 0.3 is 5.97 Å². The van der Waals surface area contributed by atoms with E-state index in [9.17, 15) is 18.0 Å². The Balaban J connectivity index is 1.56. The van der Waals surface area contributed by atoms with E-state index in [0.29, 0.717) is 31.2 Å². The molecule has 1 aromatic carbocycles. The fraction of sp³-hybridized carbons (Fsp3) is 0.400. The second-order valence-electron chi connectivity index (χ2n) is 7.06. The number of aromatic nitrogens is 1. The molecule has 1 fully saturated rings. The summed E-state index contributed by atoms with van der Waals surface area (Å²) in [5, 5.41) is 0.650. The Hall–Kier alpha value is -2.56. The number of anilines is 1. The first-order chi connectivity index (χ1) is 14.7. The number of sulfonamides is 1. The van der Waals surface area contributed by atoms with Crippen molar-refractivity contribution in [2.24, 2.45) is 7.05 Å². The van der Waals surface area contributed by atoms with Gasteiger partial charge in [0, 0.05) is 50.1 Å². The lowest BCUT2D eigenvalue weighted by Crippen LogP contribution is -2.51. The molecule has 0 atom stereocenters. The van der Waals surface area contributed by atoms with Gasteiger partial charge in [0.2, 0.25) is 15.9 Å². The van der Waals surface area contributed by atoms with Gasteiger partial charge in [-0.3, -0.25) is 4.79 Å². The molecule has 3 rings (SSSR count). The van der Waals surface area contributed by atoms with E-state index in [1.807, 2.05) is 18.2 Å². The Kier molecular flexibility index (Phi) is 7.24. The highest BCUT2D eigenvalue weighted by molar-refractivity contribution is 7.89. The number of nitrogens with one attached hydrogen (secondary N) is 1. The van der Waals surface area contributed by atoms with Crippen LogP contribution in [0.3, 0.4) is 0 Å². The topological polar surface area (TPSA) is 101 Å². The van der Waals surface area contributed by atoms with Gasteiger partial charge in [0.05, 0.1) is 13.2 Å². The summed E-state index contributed by atoms with van der Waals surface area (Å²) in [5.74, 6) is -0.920. The summed E-state index contributed by atoms with van der Waals surface area (Å²) in [6.07, 6.45) is 1.31. The number of carbonyl (C=O) groups is 2. The van der Waals surface area contributed by atoms with Crippen LogP contribution in [-0.4, -0.2) is 69.1 Å². The number of hydrogen-bond donors (Lipinski definition) is 1. The molecule has 1 amide bonds. The molecule has 0 unspecified atom stereocenters. The fourth-order valence-corrected chi connectivity index (χ4v) is 4.56. The van der Waals surface area contributed by atoms with Gasteiger partial charge in [-0.05, 0) is 31.2 Å². The van der Waals surface area contributed by atoms with Crippen molar-refractivity contribution >= 4 is 39.2 Å². The highest BCUT2D eigenvalue weighted by Gasteiger charge is 2.25. The van der Waals surface area contributed by atoms with E-state index in [1.165, 1.54) is 16.8 Å². The Labute approximate surface area is 186 Å². The second kappa shape index (κ2) is 9.71. The van der Waals surface area contributed by atoms with E-state index >= 15 is 0 Å². The molecule has 11 heteroatoms. The zero-order valence-electron chi connectivity index (χ0n) is 17.4. The van der Waals surface area contributed by atoms with Gasteiger partial charge in [-0.15, -0.1) is 0 Å². The molecular weight excluding hydrogens is 444 g/mol. The zero-order chi connectivity index (χ0) is 22.6. The summed E-state index contributed by atoms with van der Waals surface area (Å²) >= 11 is 6.04. The van der Waals surface area contributed by atoms with Crippen LogP contribution in [0.4, 0.5) is 5.69 Å². The van der Waals surface area contributed by atoms with E-state index in [2.05, 4.69) is 9.62 Å². The van der Waals surface area contributed by atoms with E-state index in [-0.39, 0.29) is 29.6 Å². The predicted octanol–water partition coefficient (Wildman–Crippen LogP) is 1.48. The number of aryl methyl sites for hydroxylation is 1. The lowest BCUT2D eigenvalue weighted by molar-refractivity contribution is -0.130. The number of halogens is 1.